The van der Waals surface area contributed by atoms with Gasteiger partial charge in [0.05, 0.1) is 28.4 Å². The molecule has 0 aliphatic carbocycles. The van der Waals surface area contributed by atoms with Crippen LogP contribution in [0.4, 0.5) is 0 Å². The van der Waals surface area contributed by atoms with E-state index < -0.39 is 37.1 Å². The van der Waals surface area contributed by atoms with E-state index in [2.05, 4.69) is 10.8 Å². The Bertz CT molecular complexity index is 1110. The van der Waals surface area contributed by atoms with Crippen LogP contribution in [0.3, 0.4) is 0 Å². The minimum atomic E-state index is -3.50. The van der Waals surface area contributed by atoms with E-state index in [-0.39, 0.29) is 17.9 Å². The Hall–Kier alpha value is -2.21. The Labute approximate surface area is 172 Å². The molecule has 29 heavy (non-hydrogen) atoms. The fraction of sp³-hybridized carbons (Fsp3) is 0.381. The molecule has 2 aromatic rings. The fourth-order valence-electron chi connectivity index (χ4n) is 3.46. The lowest BCUT2D eigenvalue weighted by atomic mass is 9.90. The molecule has 0 spiro atoms. The van der Waals surface area contributed by atoms with Crippen molar-refractivity contribution in [1.82, 2.24) is 4.72 Å². The first-order valence-electron chi connectivity index (χ1n) is 9.43. The Morgan fingerprint density at radius 3 is 2.10 bits per heavy atom. The number of sulfonamides is 1. The highest BCUT2D eigenvalue weighted by Gasteiger charge is 2.36. The molecule has 1 aliphatic heterocycles. The minimum absolute atomic E-state index is 0.0158. The summed E-state index contributed by atoms with van der Waals surface area (Å²) in [5.41, 5.74) is 3.26. The van der Waals surface area contributed by atoms with Crippen LogP contribution in [-0.4, -0.2) is 39.6 Å². The molecule has 6 nitrogen and oxygen atoms in total. The van der Waals surface area contributed by atoms with Crippen LogP contribution in [-0.2, 0) is 19.9 Å². The Balaban J connectivity index is 1.89. The van der Waals surface area contributed by atoms with Gasteiger partial charge in [-0.05, 0) is 49.1 Å². The van der Waals surface area contributed by atoms with Crippen molar-refractivity contribution in [3.05, 3.63) is 59.7 Å². The van der Waals surface area contributed by atoms with Crippen molar-refractivity contribution >= 4 is 19.9 Å². The van der Waals surface area contributed by atoms with Crippen LogP contribution in [0.15, 0.2) is 48.5 Å². The second kappa shape index (κ2) is 8.27. The molecular formula is C21H24N2O4S2. The van der Waals surface area contributed by atoms with Gasteiger partial charge in [0.2, 0.25) is 10.0 Å². The van der Waals surface area contributed by atoms with E-state index in [0.717, 1.165) is 16.7 Å². The summed E-state index contributed by atoms with van der Waals surface area (Å²) in [5.74, 6) is -0.524. The first-order valence-corrected chi connectivity index (χ1v) is 12.8. The number of rotatable bonds is 5. The summed E-state index contributed by atoms with van der Waals surface area (Å²) in [7, 11) is -6.73. The predicted octanol–water partition coefficient (Wildman–Crippen LogP) is 2.82. The zero-order valence-corrected chi connectivity index (χ0v) is 18.0. The first kappa shape index (κ1) is 21.5. The second-order valence-corrected chi connectivity index (χ2v) is 12.1. The molecule has 8 heteroatoms. The second-order valence-electron chi connectivity index (χ2n) is 7.64. The van der Waals surface area contributed by atoms with Crippen LogP contribution >= 0.6 is 0 Å². The van der Waals surface area contributed by atoms with E-state index in [1.807, 2.05) is 36.4 Å². The van der Waals surface area contributed by atoms with Crippen molar-refractivity contribution in [3.63, 3.8) is 0 Å². The Kier molecular flexibility index (Phi) is 6.13. The van der Waals surface area contributed by atoms with Crippen molar-refractivity contribution in [3.8, 4) is 17.2 Å². The number of hydrogen-bond donors (Lipinski definition) is 1. The third-order valence-electron chi connectivity index (χ3n) is 5.28. The van der Waals surface area contributed by atoms with E-state index in [0.29, 0.717) is 5.56 Å². The molecule has 0 aromatic heterocycles. The van der Waals surface area contributed by atoms with E-state index in [4.69, 9.17) is 5.26 Å². The molecular weight excluding hydrogens is 408 g/mol. The van der Waals surface area contributed by atoms with Crippen LogP contribution in [0.25, 0.3) is 11.1 Å². The van der Waals surface area contributed by atoms with Gasteiger partial charge in [-0.15, -0.1) is 0 Å². The summed E-state index contributed by atoms with van der Waals surface area (Å²) in [6.07, 6.45) is 0.260. The lowest BCUT2D eigenvalue weighted by Crippen LogP contribution is -2.48. The highest BCUT2D eigenvalue weighted by Crippen LogP contribution is 2.31. The molecule has 1 heterocycles. The SMILES string of the molecule is CC(C)S(=O)(=O)NC1CCS(=O)(=O)CC1c1ccc(-c2ccc(C#N)cc2)cc1. The standard InChI is InChI=1S/C21H24N2O4S2/c1-15(2)29(26,27)23-21-11-12-28(24,25)14-20(21)19-9-7-18(8-10-19)17-5-3-16(13-22)4-6-17/h3-10,15,20-21,23H,11-12,14H2,1-2H3. The monoisotopic (exact) mass is 432 g/mol. The smallest absolute Gasteiger partial charge is 0.214 e. The number of nitrogens with zero attached hydrogens (tertiary/aromatic N) is 1. The number of nitrogens with one attached hydrogen (secondary N) is 1. The van der Waals surface area contributed by atoms with E-state index in [1.54, 1.807) is 26.0 Å². The number of sulfone groups is 1. The maximum absolute atomic E-state index is 12.3. The average Bonchev–Trinajstić information content (AvgIpc) is 2.69. The molecule has 1 fully saturated rings. The Morgan fingerprint density at radius 1 is 1.03 bits per heavy atom. The molecule has 1 N–H and O–H groups in total. The van der Waals surface area contributed by atoms with Gasteiger partial charge in [0.15, 0.2) is 9.84 Å². The van der Waals surface area contributed by atoms with E-state index >= 15 is 0 Å². The maximum Gasteiger partial charge on any atom is 0.214 e. The molecule has 1 aliphatic rings. The molecule has 2 atom stereocenters. The highest BCUT2D eigenvalue weighted by molar-refractivity contribution is 7.91. The molecule has 0 amide bonds. The zero-order valence-electron chi connectivity index (χ0n) is 16.4. The quantitative estimate of drug-likeness (QED) is 0.782. The van der Waals surface area contributed by atoms with Crippen LogP contribution in [0.2, 0.25) is 0 Å². The number of hydrogen-bond acceptors (Lipinski definition) is 5. The summed E-state index contributed by atoms with van der Waals surface area (Å²) < 4.78 is 51.9. The van der Waals surface area contributed by atoms with Gasteiger partial charge in [-0.1, -0.05) is 36.4 Å². The summed E-state index contributed by atoms with van der Waals surface area (Å²) in [6.45, 7) is 3.20. The summed E-state index contributed by atoms with van der Waals surface area (Å²) in [4.78, 5) is 0. The number of benzene rings is 2. The van der Waals surface area contributed by atoms with Crippen molar-refractivity contribution < 1.29 is 16.8 Å². The van der Waals surface area contributed by atoms with E-state index in [1.165, 1.54) is 0 Å². The molecule has 154 valence electrons. The van der Waals surface area contributed by atoms with Crippen LogP contribution in [0.1, 0.15) is 37.3 Å². The summed E-state index contributed by atoms with van der Waals surface area (Å²) >= 11 is 0. The maximum atomic E-state index is 12.3. The normalized spacial score (nSPS) is 21.6. The summed E-state index contributed by atoms with van der Waals surface area (Å²) in [6, 6.07) is 16.3. The summed E-state index contributed by atoms with van der Waals surface area (Å²) in [5, 5.41) is 8.33. The zero-order chi connectivity index (χ0) is 21.2. The van der Waals surface area contributed by atoms with Crippen molar-refractivity contribution in [2.45, 2.75) is 37.5 Å². The fourth-order valence-corrected chi connectivity index (χ4v) is 6.19. The van der Waals surface area contributed by atoms with Crippen LogP contribution in [0.5, 0.6) is 0 Å². The van der Waals surface area contributed by atoms with Gasteiger partial charge in [-0.2, -0.15) is 5.26 Å². The predicted molar refractivity (Wildman–Crippen MR) is 114 cm³/mol. The molecule has 0 saturated carbocycles. The van der Waals surface area contributed by atoms with E-state index in [9.17, 15) is 16.8 Å². The van der Waals surface area contributed by atoms with Crippen LogP contribution in [0, 0.1) is 11.3 Å². The molecule has 2 unspecified atom stereocenters. The number of nitriles is 1. The van der Waals surface area contributed by atoms with Gasteiger partial charge in [-0.3, -0.25) is 0 Å². The molecule has 0 bridgehead atoms. The van der Waals surface area contributed by atoms with Crippen molar-refractivity contribution in [1.29, 1.82) is 5.26 Å². The lowest BCUT2D eigenvalue weighted by molar-refractivity contribution is 0.462. The lowest BCUT2D eigenvalue weighted by Gasteiger charge is -2.32. The van der Waals surface area contributed by atoms with Gasteiger partial charge in [-0.25, -0.2) is 21.6 Å². The Morgan fingerprint density at radius 2 is 1.59 bits per heavy atom. The van der Waals surface area contributed by atoms with Gasteiger partial charge in [0.25, 0.3) is 0 Å². The minimum Gasteiger partial charge on any atom is -0.229 e. The largest absolute Gasteiger partial charge is 0.229 e. The average molecular weight is 433 g/mol. The third-order valence-corrected chi connectivity index (χ3v) is 8.88. The highest BCUT2D eigenvalue weighted by atomic mass is 32.2. The molecule has 1 saturated heterocycles. The van der Waals surface area contributed by atoms with Crippen molar-refractivity contribution in [2.24, 2.45) is 0 Å². The third kappa shape index (κ3) is 5.04. The van der Waals surface area contributed by atoms with Gasteiger partial charge < -0.3 is 0 Å². The van der Waals surface area contributed by atoms with Gasteiger partial charge in [0, 0.05) is 12.0 Å². The van der Waals surface area contributed by atoms with Crippen molar-refractivity contribution in [2.75, 3.05) is 11.5 Å². The molecule has 3 rings (SSSR count). The van der Waals surface area contributed by atoms with Crippen LogP contribution < -0.4 is 4.72 Å². The van der Waals surface area contributed by atoms with Gasteiger partial charge >= 0.3 is 0 Å². The first-order chi connectivity index (χ1) is 13.6. The molecule has 0 radical (unpaired) electrons. The topological polar surface area (TPSA) is 104 Å². The van der Waals surface area contributed by atoms with Gasteiger partial charge in [0.1, 0.15) is 0 Å². The molecule has 2 aromatic carbocycles.